The molecule has 0 saturated carbocycles. The van der Waals surface area contributed by atoms with Gasteiger partial charge in [0.05, 0.1) is 7.11 Å². The van der Waals surface area contributed by atoms with E-state index in [2.05, 4.69) is 42.6 Å². The Balaban J connectivity index is 2.31. The van der Waals surface area contributed by atoms with Crippen LogP contribution in [0.5, 0.6) is 5.75 Å². The lowest BCUT2D eigenvalue weighted by molar-refractivity contribution is 0.416. The average molecular weight is 241 g/mol. The lowest BCUT2D eigenvalue weighted by Crippen LogP contribution is -2.29. The van der Waals surface area contributed by atoms with Crippen LogP contribution in [0.4, 0.5) is 0 Å². The van der Waals surface area contributed by atoms with E-state index in [-0.39, 0.29) is 0 Å². The normalized spacial score (nSPS) is 18.7. The second kappa shape index (κ2) is 4.62. The number of hydrogen-bond donors (Lipinski definition) is 1. The van der Waals surface area contributed by atoms with Gasteiger partial charge in [0.2, 0.25) is 0 Å². The SMILES string of the molecule is CCC1NCCc2c1cc(OC)c1ccccc21. The number of methoxy groups -OCH3 is 1. The highest BCUT2D eigenvalue weighted by molar-refractivity contribution is 5.92. The largest absolute Gasteiger partial charge is 0.496 e. The van der Waals surface area contributed by atoms with E-state index in [1.54, 1.807) is 7.11 Å². The van der Waals surface area contributed by atoms with E-state index in [1.807, 2.05) is 0 Å². The Morgan fingerprint density at radius 3 is 2.78 bits per heavy atom. The Labute approximate surface area is 108 Å². The molecule has 1 N–H and O–H groups in total. The number of fused-ring (bicyclic) bond motifs is 3. The molecular formula is C16H19NO. The van der Waals surface area contributed by atoms with E-state index in [9.17, 15) is 0 Å². The Morgan fingerprint density at radius 2 is 2.06 bits per heavy atom. The smallest absolute Gasteiger partial charge is 0.127 e. The summed E-state index contributed by atoms with van der Waals surface area (Å²) in [4.78, 5) is 0. The first-order valence-electron chi connectivity index (χ1n) is 6.67. The molecule has 0 saturated heterocycles. The van der Waals surface area contributed by atoms with Crippen molar-refractivity contribution in [1.82, 2.24) is 5.32 Å². The van der Waals surface area contributed by atoms with Crippen LogP contribution in [0.15, 0.2) is 30.3 Å². The predicted molar refractivity (Wildman–Crippen MR) is 75.2 cm³/mol. The molecule has 1 aliphatic heterocycles. The van der Waals surface area contributed by atoms with Crippen LogP contribution in [-0.4, -0.2) is 13.7 Å². The molecule has 1 atom stereocenters. The fourth-order valence-corrected chi connectivity index (χ4v) is 3.03. The molecule has 18 heavy (non-hydrogen) atoms. The van der Waals surface area contributed by atoms with Gasteiger partial charge in [-0.3, -0.25) is 0 Å². The zero-order valence-electron chi connectivity index (χ0n) is 11.0. The van der Waals surface area contributed by atoms with Gasteiger partial charge in [-0.15, -0.1) is 0 Å². The molecule has 0 aromatic heterocycles. The van der Waals surface area contributed by atoms with Crippen molar-refractivity contribution in [3.8, 4) is 5.75 Å². The maximum absolute atomic E-state index is 5.56. The Hall–Kier alpha value is -1.54. The van der Waals surface area contributed by atoms with Crippen molar-refractivity contribution < 1.29 is 4.74 Å². The fraction of sp³-hybridized carbons (Fsp3) is 0.375. The van der Waals surface area contributed by atoms with Crippen molar-refractivity contribution in [3.63, 3.8) is 0 Å². The number of ether oxygens (including phenoxy) is 1. The molecule has 0 amide bonds. The van der Waals surface area contributed by atoms with Crippen LogP contribution >= 0.6 is 0 Å². The van der Waals surface area contributed by atoms with Gasteiger partial charge in [0.25, 0.3) is 0 Å². The summed E-state index contributed by atoms with van der Waals surface area (Å²) in [6, 6.07) is 11.2. The first kappa shape index (κ1) is 11.5. The highest BCUT2D eigenvalue weighted by atomic mass is 16.5. The Kier molecular flexibility index (Phi) is 2.96. The summed E-state index contributed by atoms with van der Waals surface area (Å²) in [5.41, 5.74) is 2.91. The first-order chi connectivity index (χ1) is 8.85. The lowest BCUT2D eigenvalue weighted by Gasteiger charge is -2.28. The van der Waals surface area contributed by atoms with E-state index in [0.717, 1.165) is 25.1 Å². The van der Waals surface area contributed by atoms with Crippen LogP contribution in [-0.2, 0) is 6.42 Å². The third-order valence-corrected chi connectivity index (χ3v) is 3.92. The standard InChI is InChI=1S/C16H19NO/c1-3-15-14-10-16(18-2)13-7-5-4-6-11(13)12(14)8-9-17-15/h4-7,10,15,17H,3,8-9H2,1-2H3. The maximum Gasteiger partial charge on any atom is 0.127 e. The van der Waals surface area contributed by atoms with Crippen LogP contribution < -0.4 is 10.1 Å². The summed E-state index contributed by atoms with van der Waals surface area (Å²) in [5, 5.41) is 6.17. The van der Waals surface area contributed by atoms with E-state index < -0.39 is 0 Å². The van der Waals surface area contributed by atoms with E-state index >= 15 is 0 Å². The number of benzene rings is 2. The topological polar surface area (TPSA) is 21.3 Å². The number of nitrogens with one attached hydrogen (secondary N) is 1. The highest BCUT2D eigenvalue weighted by Crippen LogP contribution is 2.36. The predicted octanol–water partition coefficient (Wildman–Crippen LogP) is 3.45. The molecule has 0 spiro atoms. The van der Waals surface area contributed by atoms with Crippen LogP contribution in [0, 0.1) is 0 Å². The van der Waals surface area contributed by atoms with Gasteiger partial charge in [-0.25, -0.2) is 0 Å². The van der Waals surface area contributed by atoms with Gasteiger partial charge in [0, 0.05) is 11.4 Å². The molecule has 0 radical (unpaired) electrons. The van der Waals surface area contributed by atoms with Crippen LogP contribution in [0.3, 0.4) is 0 Å². The summed E-state index contributed by atoms with van der Waals surface area (Å²) in [6.07, 6.45) is 2.23. The Bertz CT molecular complexity index is 577. The average Bonchev–Trinajstić information content (AvgIpc) is 2.45. The van der Waals surface area contributed by atoms with E-state index in [1.165, 1.54) is 21.9 Å². The minimum atomic E-state index is 0.465. The second-order valence-corrected chi connectivity index (χ2v) is 4.86. The molecular weight excluding hydrogens is 222 g/mol. The molecule has 2 aromatic rings. The molecule has 1 aliphatic rings. The number of hydrogen-bond acceptors (Lipinski definition) is 2. The minimum absolute atomic E-state index is 0.465. The molecule has 94 valence electrons. The van der Waals surface area contributed by atoms with Gasteiger partial charge in [0.15, 0.2) is 0 Å². The Morgan fingerprint density at radius 1 is 1.28 bits per heavy atom. The van der Waals surface area contributed by atoms with Crippen LogP contribution in [0.2, 0.25) is 0 Å². The summed E-state index contributed by atoms with van der Waals surface area (Å²) < 4.78 is 5.56. The van der Waals surface area contributed by atoms with Crippen LogP contribution in [0.1, 0.15) is 30.5 Å². The summed E-state index contributed by atoms with van der Waals surface area (Å²) in [7, 11) is 1.76. The molecule has 3 rings (SSSR count). The van der Waals surface area contributed by atoms with Crippen LogP contribution in [0.25, 0.3) is 10.8 Å². The zero-order valence-corrected chi connectivity index (χ0v) is 11.0. The molecule has 0 fully saturated rings. The van der Waals surface area contributed by atoms with Crippen molar-refractivity contribution in [2.24, 2.45) is 0 Å². The number of rotatable bonds is 2. The van der Waals surface area contributed by atoms with Crippen molar-refractivity contribution in [1.29, 1.82) is 0 Å². The monoisotopic (exact) mass is 241 g/mol. The minimum Gasteiger partial charge on any atom is -0.496 e. The van der Waals surface area contributed by atoms with Gasteiger partial charge in [-0.2, -0.15) is 0 Å². The van der Waals surface area contributed by atoms with E-state index in [4.69, 9.17) is 4.74 Å². The van der Waals surface area contributed by atoms with Gasteiger partial charge in [-0.05, 0) is 42.0 Å². The summed E-state index contributed by atoms with van der Waals surface area (Å²) >= 11 is 0. The van der Waals surface area contributed by atoms with Gasteiger partial charge >= 0.3 is 0 Å². The lowest BCUT2D eigenvalue weighted by atomic mass is 9.88. The molecule has 0 aliphatic carbocycles. The molecule has 2 aromatic carbocycles. The maximum atomic E-state index is 5.56. The van der Waals surface area contributed by atoms with Crippen molar-refractivity contribution >= 4 is 10.8 Å². The molecule has 2 nitrogen and oxygen atoms in total. The molecule has 2 heteroatoms. The second-order valence-electron chi connectivity index (χ2n) is 4.86. The zero-order chi connectivity index (χ0) is 12.5. The third-order valence-electron chi connectivity index (χ3n) is 3.92. The van der Waals surface area contributed by atoms with Crippen molar-refractivity contribution in [2.45, 2.75) is 25.8 Å². The summed E-state index contributed by atoms with van der Waals surface area (Å²) in [6.45, 7) is 3.30. The van der Waals surface area contributed by atoms with E-state index in [0.29, 0.717) is 6.04 Å². The van der Waals surface area contributed by atoms with Crippen molar-refractivity contribution in [2.75, 3.05) is 13.7 Å². The third kappa shape index (κ3) is 1.68. The highest BCUT2D eigenvalue weighted by Gasteiger charge is 2.21. The van der Waals surface area contributed by atoms with Gasteiger partial charge < -0.3 is 10.1 Å². The van der Waals surface area contributed by atoms with Gasteiger partial charge in [0.1, 0.15) is 5.75 Å². The molecule has 1 heterocycles. The molecule has 1 unspecified atom stereocenters. The fourth-order valence-electron chi connectivity index (χ4n) is 3.03. The first-order valence-corrected chi connectivity index (χ1v) is 6.67. The van der Waals surface area contributed by atoms with Crippen molar-refractivity contribution in [3.05, 3.63) is 41.5 Å². The summed E-state index contributed by atoms with van der Waals surface area (Å²) in [5.74, 6) is 0.992. The molecule has 0 bridgehead atoms. The van der Waals surface area contributed by atoms with Gasteiger partial charge in [-0.1, -0.05) is 31.2 Å². The quantitative estimate of drug-likeness (QED) is 0.869.